The molecular formula is C8H21N3. The topological polar surface area (TPSA) is 27.3 Å². The molecule has 0 fully saturated rings. The molecule has 0 heterocycles. The molecule has 0 bridgehead atoms. The second-order valence-corrected chi connectivity index (χ2v) is 3.13. The first-order valence-electron chi connectivity index (χ1n) is 4.34. The third kappa shape index (κ3) is 4.35. The van der Waals surface area contributed by atoms with Crippen molar-refractivity contribution in [1.82, 2.24) is 16.0 Å². The molecule has 2 N–H and O–H groups in total. The van der Waals surface area contributed by atoms with Gasteiger partial charge in [0.2, 0.25) is 0 Å². The van der Waals surface area contributed by atoms with Gasteiger partial charge in [0, 0.05) is 19.1 Å². The van der Waals surface area contributed by atoms with Crippen LogP contribution >= 0.6 is 0 Å². The minimum absolute atomic E-state index is 0.481. The summed E-state index contributed by atoms with van der Waals surface area (Å²) in [6, 6.07) is 1.01. The molecule has 1 atom stereocenters. The molecule has 0 rings (SSSR count). The van der Waals surface area contributed by atoms with Gasteiger partial charge in [-0.3, -0.25) is 0 Å². The maximum Gasteiger partial charge on any atom is 0.0343 e. The SMILES string of the molecule is CCC(C)NN(NC)C(C)C. The first-order chi connectivity index (χ1) is 5.11. The lowest BCUT2D eigenvalue weighted by atomic mass is 10.3. The second kappa shape index (κ2) is 5.52. The summed E-state index contributed by atoms with van der Waals surface area (Å²) in [7, 11) is 1.93. The fourth-order valence-corrected chi connectivity index (χ4v) is 0.801. The molecule has 0 aliphatic rings. The molecule has 1 unspecified atom stereocenters. The van der Waals surface area contributed by atoms with Crippen molar-refractivity contribution in [3.05, 3.63) is 0 Å². The molecule has 0 aliphatic carbocycles. The van der Waals surface area contributed by atoms with Gasteiger partial charge < -0.3 is 0 Å². The molecule has 0 aliphatic heterocycles. The van der Waals surface area contributed by atoms with Gasteiger partial charge in [0.25, 0.3) is 0 Å². The Bertz CT molecular complexity index is 93.3. The molecule has 0 saturated carbocycles. The average molecular weight is 159 g/mol. The van der Waals surface area contributed by atoms with Gasteiger partial charge in [-0.2, -0.15) is 5.12 Å². The highest BCUT2D eigenvalue weighted by Crippen LogP contribution is 1.93. The fraction of sp³-hybridized carbons (Fsp3) is 1.00. The zero-order valence-corrected chi connectivity index (χ0v) is 8.31. The Kier molecular flexibility index (Phi) is 5.46. The lowest BCUT2D eigenvalue weighted by molar-refractivity contribution is 0.0691. The Hall–Kier alpha value is -0.120. The molecule has 3 heteroatoms. The zero-order valence-electron chi connectivity index (χ0n) is 8.31. The van der Waals surface area contributed by atoms with Crippen LogP contribution in [-0.2, 0) is 0 Å². The number of hydrogen-bond donors (Lipinski definition) is 2. The largest absolute Gasteiger partial charge is 0.244 e. The molecule has 0 aromatic heterocycles. The predicted octanol–water partition coefficient (Wildman–Crippen LogP) is 1.13. The van der Waals surface area contributed by atoms with E-state index in [-0.39, 0.29) is 0 Å². The van der Waals surface area contributed by atoms with E-state index >= 15 is 0 Å². The Labute approximate surface area is 70.1 Å². The summed E-state index contributed by atoms with van der Waals surface area (Å²) < 4.78 is 0. The van der Waals surface area contributed by atoms with E-state index in [4.69, 9.17) is 0 Å². The first kappa shape index (κ1) is 10.9. The highest BCUT2D eigenvalue weighted by Gasteiger charge is 2.08. The lowest BCUT2D eigenvalue weighted by Crippen LogP contribution is -2.53. The van der Waals surface area contributed by atoms with E-state index in [0.29, 0.717) is 12.1 Å². The van der Waals surface area contributed by atoms with Gasteiger partial charge in [-0.15, -0.1) is 0 Å². The van der Waals surface area contributed by atoms with Crippen LogP contribution in [0.3, 0.4) is 0 Å². The molecule has 0 radical (unpaired) electrons. The van der Waals surface area contributed by atoms with Crippen molar-refractivity contribution in [2.45, 2.75) is 46.2 Å². The van der Waals surface area contributed by atoms with E-state index < -0.39 is 0 Å². The summed E-state index contributed by atoms with van der Waals surface area (Å²) in [6.45, 7) is 8.64. The summed E-state index contributed by atoms with van der Waals surface area (Å²) in [5, 5.41) is 2.02. The van der Waals surface area contributed by atoms with E-state index in [1.807, 2.05) is 12.2 Å². The first-order valence-corrected chi connectivity index (χ1v) is 4.34. The third-order valence-corrected chi connectivity index (χ3v) is 1.73. The van der Waals surface area contributed by atoms with Crippen LogP contribution in [0.2, 0.25) is 0 Å². The quantitative estimate of drug-likeness (QED) is 0.589. The van der Waals surface area contributed by atoms with E-state index in [1.165, 1.54) is 0 Å². The van der Waals surface area contributed by atoms with Crippen LogP contribution in [0.15, 0.2) is 0 Å². The molecule has 11 heavy (non-hydrogen) atoms. The van der Waals surface area contributed by atoms with Crippen LogP contribution in [0, 0.1) is 0 Å². The van der Waals surface area contributed by atoms with Crippen molar-refractivity contribution in [2.75, 3.05) is 7.05 Å². The van der Waals surface area contributed by atoms with Crippen LogP contribution in [0.5, 0.6) is 0 Å². The Morgan fingerprint density at radius 1 is 1.27 bits per heavy atom. The average Bonchev–Trinajstić information content (AvgIpc) is 1.99. The van der Waals surface area contributed by atoms with Crippen molar-refractivity contribution >= 4 is 0 Å². The molecule has 68 valence electrons. The summed E-state index contributed by atoms with van der Waals surface area (Å²) in [5.74, 6) is 0. The Morgan fingerprint density at radius 2 is 1.82 bits per heavy atom. The zero-order chi connectivity index (χ0) is 8.85. The van der Waals surface area contributed by atoms with Gasteiger partial charge >= 0.3 is 0 Å². The van der Waals surface area contributed by atoms with E-state index in [2.05, 4.69) is 38.5 Å². The van der Waals surface area contributed by atoms with Gasteiger partial charge in [-0.25, -0.2) is 10.9 Å². The number of nitrogens with one attached hydrogen (secondary N) is 2. The molecule has 0 amide bonds. The van der Waals surface area contributed by atoms with Crippen LogP contribution in [0.1, 0.15) is 34.1 Å². The molecule has 0 aromatic rings. The van der Waals surface area contributed by atoms with Crippen molar-refractivity contribution in [2.24, 2.45) is 0 Å². The normalized spacial score (nSPS) is 14.5. The number of hydrazine groups is 2. The highest BCUT2D eigenvalue weighted by atomic mass is 15.7. The second-order valence-electron chi connectivity index (χ2n) is 3.13. The lowest BCUT2D eigenvalue weighted by Gasteiger charge is -2.28. The van der Waals surface area contributed by atoms with Crippen molar-refractivity contribution in [1.29, 1.82) is 0 Å². The summed E-state index contributed by atoms with van der Waals surface area (Å²) >= 11 is 0. The third-order valence-electron chi connectivity index (χ3n) is 1.73. The smallest absolute Gasteiger partial charge is 0.0343 e. The van der Waals surface area contributed by atoms with Gasteiger partial charge in [-0.1, -0.05) is 6.92 Å². The number of nitrogens with zero attached hydrogens (tertiary/aromatic N) is 1. The fourth-order valence-electron chi connectivity index (χ4n) is 0.801. The molecule has 3 nitrogen and oxygen atoms in total. The molecule has 0 saturated heterocycles. The van der Waals surface area contributed by atoms with E-state index in [9.17, 15) is 0 Å². The van der Waals surface area contributed by atoms with Gasteiger partial charge in [0.15, 0.2) is 0 Å². The maximum absolute atomic E-state index is 3.34. The minimum Gasteiger partial charge on any atom is -0.244 e. The standard InChI is InChI=1S/C8H21N3/c1-6-8(4)10-11(9-5)7(2)3/h7-10H,6H2,1-5H3. The van der Waals surface area contributed by atoms with Crippen molar-refractivity contribution in [3.8, 4) is 0 Å². The van der Waals surface area contributed by atoms with Crippen LogP contribution in [-0.4, -0.2) is 24.2 Å². The molecular weight excluding hydrogens is 138 g/mol. The summed E-state index contributed by atoms with van der Waals surface area (Å²) in [4.78, 5) is 0. The van der Waals surface area contributed by atoms with Crippen molar-refractivity contribution < 1.29 is 0 Å². The van der Waals surface area contributed by atoms with E-state index in [1.54, 1.807) is 0 Å². The highest BCUT2D eigenvalue weighted by molar-refractivity contribution is 4.57. The minimum atomic E-state index is 0.481. The van der Waals surface area contributed by atoms with Gasteiger partial charge in [0.1, 0.15) is 0 Å². The van der Waals surface area contributed by atoms with Crippen molar-refractivity contribution in [3.63, 3.8) is 0 Å². The summed E-state index contributed by atoms with van der Waals surface area (Å²) in [5.41, 5.74) is 6.43. The molecule has 0 spiro atoms. The van der Waals surface area contributed by atoms with Crippen LogP contribution in [0.25, 0.3) is 0 Å². The molecule has 0 aromatic carbocycles. The Balaban J connectivity index is 3.68. The van der Waals surface area contributed by atoms with E-state index in [0.717, 1.165) is 6.42 Å². The maximum atomic E-state index is 3.34. The monoisotopic (exact) mass is 159 g/mol. The van der Waals surface area contributed by atoms with Crippen LogP contribution in [0.4, 0.5) is 0 Å². The number of hydrogen-bond acceptors (Lipinski definition) is 3. The number of rotatable bonds is 5. The predicted molar refractivity (Wildman–Crippen MR) is 48.9 cm³/mol. The van der Waals surface area contributed by atoms with Gasteiger partial charge in [0.05, 0.1) is 0 Å². The Morgan fingerprint density at radius 3 is 2.09 bits per heavy atom. The van der Waals surface area contributed by atoms with Crippen LogP contribution < -0.4 is 10.9 Å². The summed E-state index contributed by atoms with van der Waals surface area (Å²) in [6.07, 6.45) is 1.14. The van der Waals surface area contributed by atoms with Gasteiger partial charge in [-0.05, 0) is 27.2 Å².